The second-order valence-electron chi connectivity index (χ2n) is 5.96. The molecule has 0 bridgehead atoms. The van der Waals surface area contributed by atoms with Gasteiger partial charge in [-0.1, -0.05) is 22.9 Å². The molecule has 2 N–H and O–H groups in total. The van der Waals surface area contributed by atoms with Gasteiger partial charge in [-0.2, -0.15) is 0 Å². The summed E-state index contributed by atoms with van der Waals surface area (Å²) in [5.41, 5.74) is 1.56. The van der Waals surface area contributed by atoms with Crippen molar-refractivity contribution in [1.82, 2.24) is 20.1 Å². The molecule has 1 saturated heterocycles. The van der Waals surface area contributed by atoms with E-state index in [1.54, 1.807) is 17.2 Å². The first-order chi connectivity index (χ1) is 11.4. The number of hydrogen-bond donors (Lipinski definition) is 2. The lowest BCUT2D eigenvalue weighted by molar-refractivity contribution is 0.0763. The van der Waals surface area contributed by atoms with Crippen LogP contribution >= 0.6 is 22.9 Å². The van der Waals surface area contributed by atoms with Crippen LogP contribution in [0.1, 0.15) is 30.1 Å². The van der Waals surface area contributed by atoms with E-state index in [2.05, 4.69) is 20.5 Å². The number of rotatable bonds is 4. The van der Waals surface area contributed by atoms with Crippen molar-refractivity contribution in [3.05, 3.63) is 22.4 Å². The average Bonchev–Trinajstić information content (AvgIpc) is 3.15. The molecule has 0 saturated carbocycles. The van der Waals surface area contributed by atoms with Crippen LogP contribution < -0.4 is 5.32 Å². The normalized spacial score (nSPS) is 17.5. The Morgan fingerprint density at radius 2 is 2.29 bits per heavy atom. The average molecular weight is 368 g/mol. The fourth-order valence-corrected chi connectivity index (χ4v) is 3.50. The third-order valence-corrected chi connectivity index (χ3v) is 4.75. The van der Waals surface area contributed by atoms with Crippen LogP contribution in [-0.4, -0.2) is 56.3 Å². The van der Waals surface area contributed by atoms with E-state index in [1.807, 2.05) is 13.8 Å². The summed E-state index contributed by atoms with van der Waals surface area (Å²) in [5.74, 6) is -0.199. The number of carbonyl (C=O) groups excluding carboxylic acids is 1. The molecule has 9 heteroatoms. The van der Waals surface area contributed by atoms with Gasteiger partial charge in [-0.3, -0.25) is 4.79 Å². The first-order valence-electron chi connectivity index (χ1n) is 7.67. The number of likely N-dealkylation sites (tertiary alicyclic amines) is 1. The van der Waals surface area contributed by atoms with Gasteiger partial charge in [-0.25, -0.2) is 4.98 Å². The highest BCUT2D eigenvalue weighted by molar-refractivity contribution is 7.16. The van der Waals surface area contributed by atoms with Crippen LogP contribution in [0.4, 0.5) is 5.69 Å². The van der Waals surface area contributed by atoms with E-state index in [9.17, 15) is 9.90 Å². The van der Waals surface area contributed by atoms with E-state index >= 15 is 0 Å². The first-order valence-corrected chi connectivity index (χ1v) is 8.86. The van der Waals surface area contributed by atoms with Gasteiger partial charge in [-0.15, -0.1) is 10.2 Å². The Balaban J connectivity index is 1.87. The van der Waals surface area contributed by atoms with Crippen LogP contribution in [0.3, 0.4) is 0 Å². The zero-order valence-corrected chi connectivity index (χ0v) is 14.9. The molecule has 0 spiro atoms. The Bertz CT molecular complexity index is 751. The molecule has 3 heterocycles. The van der Waals surface area contributed by atoms with Gasteiger partial charge in [0, 0.05) is 31.0 Å². The third-order valence-electron chi connectivity index (χ3n) is 3.60. The van der Waals surface area contributed by atoms with E-state index in [-0.39, 0.29) is 11.9 Å². The quantitative estimate of drug-likeness (QED) is 0.805. The van der Waals surface area contributed by atoms with Crippen molar-refractivity contribution in [2.45, 2.75) is 32.4 Å². The van der Waals surface area contributed by atoms with Crippen molar-refractivity contribution in [3.63, 3.8) is 0 Å². The number of hydrogen-bond acceptors (Lipinski definition) is 7. The molecule has 24 heavy (non-hydrogen) atoms. The third kappa shape index (κ3) is 3.66. The van der Waals surface area contributed by atoms with Crippen molar-refractivity contribution >= 4 is 34.5 Å². The number of aliphatic hydroxyl groups is 1. The summed E-state index contributed by atoms with van der Waals surface area (Å²) in [5, 5.41) is 22.3. The number of nitrogens with one attached hydrogen (secondary N) is 1. The lowest BCUT2D eigenvalue weighted by atomic mass is 10.2. The van der Waals surface area contributed by atoms with Crippen LogP contribution in [0, 0.1) is 0 Å². The summed E-state index contributed by atoms with van der Waals surface area (Å²) in [6.45, 7) is 4.92. The summed E-state index contributed by atoms with van der Waals surface area (Å²) in [4.78, 5) is 18.1. The molecule has 3 rings (SSSR count). The molecule has 1 aliphatic heterocycles. The summed E-state index contributed by atoms with van der Waals surface area (Å²) in [6.07, 6.45) is 1.77. The van der Waals surface area contributed by atoms with Crippen molar-refractivity contribution in [2.24, 2.45) is 0 Å². The minimum Gasteiger partial charge on any atom is -0.391 e. The minimum atomic E-state index is -0.455. The molecular formula is C15H18ClN5O2S. The number of anilines is 1. The number of nitrogens with zero attached hydrogens (tertiary/aromatic N) is 4. The van der Waals surface area contributed by atoms with Crippen LogP contribution in [0.15, 0.2) is 12.3 Å². The highest BCUT2D eigenvalue weighted by Crippen LogP contribution is 2.32. The molecule has 1 fully saturated rings. The zero-order valence-electron chi connectivity index (χ0n) is 13.4. The van der Waals surface area contributed by atoms with Crippen molar-refractivity contribution in [3.8, 4) is 10.6 Å². The smallest absolute Gasteiger partial charge is 0.284 e. The lowest BCUT2D eigenvalue weighted by Gasteiger charge is -2.13. The molecular weight excluding hydrogens is 350 g/mol. The molecule has 2 aromatic heterocycles. The molecule has 7 nitrogen and oxygen atoms in total. The van der Waals surface area contributed by atoms with Crippen molar-refractivity contribution in [2.75, 3.05) is 18.4 Å². The standard InChI is InChI=1S/C15H18ClN5O2S/c1-8(2)18-11-5-12(16)17-6-10(11)13-19-20-14(24-13)15(23)21-4-3-9(22)7-21/h5-6,8-9,22H,3-4,7H2,1-2H3,(H,17,18)/t9-/m0/s1. The fourth-order valence-electron chi connectivity index (χ4n) is 2.51. The largest absolute Gasteiger partial charge is 0.391 e. The van der Waals surface area contributed by atoms with E-state index in [4.69, 9.17) is 11.6 Å². The molecule has 0 unspecified atom stereocenters. The van der Waals surface area contributed by atoms with Gasteiger partial charge in [-0.05, 0) is 26.3 Å². The maximum atomic E-state index is 12.4. The summed E-state index contributed by atoms with van der Waals surface area (Å²) in [6, 6.07) is 1.94. The Hall–Kier alpha value is -1.77. The topological polar surface area (TPSA) is 91.2 Å². The monoisotopic (exact) mass is 367 g/mol. The number of pyridine rings is 1. The van der Waals surface area contributed by atoms with Gasteiger partial charge < -0.3 is 15.3 Å². The van der Waals surface area contributed by atoms with E-state index in [0.29, 0.717) is 34.7 Å². The SMILES string of the molecule is CC(C)Nc1cc(Cl)ncc1-c1nnc(C(=O)N2CC[C@H](O)C2)s1. The Kier molecular flexibility index (Phi) is 4.98. The highest BCUT2D eigenvalue weighted by atomic mass is 35.5. The molecule has 0 aromatic carbocycles. The highest BCUT2D eigenvalue weighted by Gasteiger charge is 2.28. The Morgan fingerprint density at radius 3 is 2.96 bits per heavy atom. The predicted molar refractivity (Wildman–Crippen MR) is 93.4 cm³/mol. The maximum Gasteiger partial charge on any atom is 0.284 e. The Morgan fingerprint density at radius 1 is 1.50 bits per heavy atom. The van der Waals surface area contributed by atoms with Crippen LogP contribution in [0.2, 0.25) is 5.15 Å². The number of aromatic nitrogens is 3. The maximum absolute atomic E-state index is 12.4. The fraction of sp³-hybridized carbons (Fsp3) is 0.467. The number of β-amino-alcohol motifs (C(OH)–C–C–N with tert-alkyl or cyclic N) is 1. The molecule has 128 valence electrons. The van der Waals surface area contributed by atoms with Gasteiger partial charge >= 0.3 is 0 Å². The number of halogens is 1. The van der Waals surface area contributed by atoms with Gasteiger partial charge in [0.15, 0.2) is 5.01 Å². The number of carbonyl (C=O) groups is 1. The Labute approximate surface area is 148 Å². The van der Waals surface area contributed by atoms with Gasteiger partial charge in [0.2, 0.25) is 5.01 Å². The second kappa shape index (κ2) is 7.00. The zero-order chi connectivity index (χ0) is 17.3. The van der Waals surface area contributed by atoms with E-state index in [0.717, 1.165) is 11.3 Å². The van der Waals surface area contributed by atoms with Gasteiger partial charge in [0.1, 0.15) is 5.15 Å². The minimum absolute atomic E-state index is 0.199. The lowest BCUT2D eigenvalue weighted by Crippen LogP contribution is -2.29. The summed E-state index contributed by atoms with van der Waals surface area (Å²) < 4.78 is 0. The first kappa shape index (κ1) is 17.1. The molecule has 1 aliphatic rings. The van der Waals surface area contributed by atoms with Crippen LogP contribution in [0.5, 0.6) is 0 Å². The number of amides is 1. The van der Waals surface area contributed by atoms with Crippen molar-refractivity contribution in [1.29, 1.82) is 0 Å². The molecule has 0 radical (unpaired) electrons. The predicted octanol–water partition coefficient (Wildman–Crippen LogP) is 2.28. The molecule has 0 aliphatic carbocycles. The van der Waals surface area contributed by atoms with Gasteiger partial charge in [0.25, 0.3) is 5.91 Å². The van der Waals surface area contributed by atoms with E-state index in [1.165, 1.54) is 11.3 Å². The van der Waals surface area contributed by atoms with Crippen LogP contribution in [-0.2, 0) is 0 Å². The molecule has 2 aromatic rings. The summed E-state index contributed by atoms with van der Waals surface area (Å²) >= 11 is 7.19. The number of aliphatic hydroxyl groups excluding tert-OH is 1. The van der Waals surface area contributed by atoms with Gasteiger partial charge in [0.05, 0.1) is 11.7 Å². The van der Waals surface area contributed by atoms with E-state index < -0.39 is 6.10 Å². The second-order valence-corrected chi connectivity index (χ2v) is 7.32. The van der Waals surface area contributed by atoms with Crippen LogP contribution in [0.25, 0.3) is 10.6 Å². The molecule has 1 amide bonds. The molecule has 1 atom stereocenters. The van der Waals surface area contributed by atoms with Crippen molar-refractivity contribution < 1.29 is 9.90 Å². The summed E-state index contributed by atoms with van der Waals surface area (Å²) in [7, 11) is 0.